The zero-order valence-corrected chi connectivity index (χ0v) is 8.24. The predicted molar refractivity (Wildman–Crippen MR) is 49.5 cm³/mol. The van der Waals surface area contributed by atoms with Crippen molar-refractivity contribution in [3.8, 4) is 0 Å². The lowest BCUT2D eigenvalue weighted by Crippen LogP contribution is -2.18. The summed E-state index contributed by atoms with van der Waals surface area (Å²) in [5.74, 6) is 0.918. The smallest absolute Gasteiger partial charge is 0.0942 e. The average molecular weight is 156 g/mol. The number of rotatable bonds is 5. The third-order valence-electron chi connectivity index (χ3n) is 2.50. The predicted octanol–water partition coefficient (Wildman–Crippen LogP) is 3.36. The Kier molecular flexibility index (Phi) is 4.24. The van der Waals surface area contributed by atoms with Crippen LogP contribution in [0.3, 0.4) is 0 Å². The molecule has 0 rings (SSSR count). The van der Waals surface area contributed by atoms with Gasteiger partial charge in [-0.05, 0) is 12.8 Å². The summed E-state index contributed by atoms with van der Waals surface area (Å²) in [6, 6.07) is 0. The van der Waals surface area contributed by atoms with Crippen molar-refractivity contribution in [2.45, 2.75) is 40.0 Å². The summed E-state index contributed by atoms with van der Waals surface area (Å²) >= 11 is 0. The van der Waals surface area contributed by atoms with Gasteiger partial charge < -0.3 is 4.74 Å². The van der Waals surface area contributed by atoms with E-state index in [-0.39, 0.29) is 5.41 Å². The van der Waals surface area contributed by atoms with Crippen molar-refractivity contribution in [2.75, 3.05) is 7.11 Å². The molecule has 1 nitrogen and oxygen atoms in total. The van der Waals surface area contributed by atoms with Crippen molar-refractivity contribution in [3.63, 3.8) is 0 Å². The Labute approximate surface area is 70.4 Å². The van der Waals surface area contributed by atoms with Gasteiger partial charge in [0.05, 0.1) is 12.9 Å². The molecule has 11 heavy (non-hydrogen) atoms. The van der Waals surface area contributed by atoms with Gasteiger partial charge >= 0.3 is 0 Å². The minimum atomic E-state index is 0.184. The van der Waals surface area contributed by atoms with E-state index >= 15 is 0 Å². The van der Waals surface area contributed by atoms with Crippen LogP contribution >= 0.6 is 0 Å². The lowest BCUT2D eigenvalue weighted by Gasteiger charge is -2.28. The first kappa shape index (κ1) is 10.5. The van der Waals surface area contributed by atoms with Crippen LogP contribution in [0.25, 0.3) is 0 Å². The highest BCUT2D eigenvalue weighted by atomic mass is 16.5. The van der Waals surface area contributed by atoms with Gasteiger partial charge in [-0.3, -0.25) is 0 Å². The molecule has 0 aromatic carbocycles. The second-order valence-electron chi connectivity index (χ2n) is 3.29. The Bertz CT molecular complexity index is 129. The molecule has 0 aliphatic rings. The number of hydrogen-bond donors (Lipinski definition) is 0. The molecular formula is C10H20O. The Morgan fingerprint density at radius 2 is 2.00 bits per heavy atom. The van der Waals surface area contributed by atoms with Crippen LogP contribution in [0.2, 0.25) is 0 Å². The summed E-state index contributed by atoms with van der Waals surface area (Å²) in [6.07, 6.45) is 3.45. The fraction of sp³-hybridized carbons (Fsp3) is 0.800. The normalized spacial score (nSPS) is 15.6. The second kappa shape index (κ2) is 4.42. The molecule has 0 spiro atoms. The van der Waals surface area contributed by atoms with Crippen LogP contribution in [0, 0.1) is 5.41 Å². The lowest BCUT2D eigenvalue weighted by atomic mass is 9.81. The van der Waals surface area contributed by atoms with Crippen LogP contribution in [-0.2, 0) is 4.74 Å². The Hall–Kier alpha value is -0.460. The van der Waals surface area contributed by atoms with Gasteiger partial charge in [0.1, 0.15) is 0 Å². The quantitative estimate of drug-likeness (QED) is 0.554. The third kappa shape index (κ3) is 2.57. The molecule has 0 aliphatic heterocycles. The minimum absolute atomic E-state index is 0.184. The first-order valence-electron chi connectivity index (χ1n) is 4.34. The standard InChI is InChI=1S/C10H20O/c1-6-8-10(4,7-2)9(3)11-5/h3,6-8H2,1-2,4-5H3. The van der Waals surface area contributed by atoms with Gasteiger partial charge in [-0.15, -0.1) is 0 Å². The van der Waals surface area contributed by atoms with Crippen molar-refractivity contribution in [1.29, 1.82) is 0 Å². The van der Waals surface area contributed by atoms with Crippen LogP contribution in [0.4, 0.5) is 0 Å². The van der Waals surface area contributed by atoms with Crippen LogP contribution in [0.5, 0.6) is 0 Å². The summed E-state index contributed by atoms with van der Waals surface area (Å²) in [5, 5.41) is 0. The summed E-state index contributed by atoms with van der Waals surface area (Å²) in [5.41, 5.74) is 0.184. The monoisotopic (exact) mass is 156 g/mol. The van der Waals surface area contributed by atoms with E-state index in [0.717, 1.165) is 18.6 Å². The van der Waals surface area contributed by atoms with E-state index < -0.39 is 0 Å². The molecule has 1 unspecified atom stereocenters. The molecule has 0 aromatic heterocycles. The molecule has 0 heterocycles. The van der Waals surface area contributed by atoms with Crippen molar-refractivity contribution in [1.82, 2.24) is 0 Å². The molecular weight excluding hydrogens is 136 g/mol. The number of hydrogen-bond acceptors (Lipinski definition) is 1. The van der Waals surface area contributed by atoms with Gasteiger partial charge in [0.2, 0.25) is 0 Å². The third-order valence-corrected chi connectivity index (χ3v) is 2.50. The maximum Gasteiger partial charge on any atom is 0.0942 e. The van der Waals surface area contributed by atoms with Gasteiger partial charge in [-0.25, -0.2) is 0 Å². The fourth-order valence-electron chi connectivity index (χ4n) is 1.31. The van der Waals surface area contributed by atoms with Crippen molar-refractivity contribution in [3.05, 3.63) is 12.3 Å². The Morgan fingerprint density at radius 1 is 1.45 bits per heavy atom. The molecule has 0 radical (unpaired) electrons. The van der Waals surface area contributed by atoms with Gasteiger partial charge in [-0.1, -0.05) is 33.8 Å². The van der Waals surface area contributed by atoms with Crippen LogP contribution in [0.15, 0.2) is 12.3 Å². The van der Waals surface area contributed by atoms with Crippen molar-refractivity contribution < 1.29 is 4.74 Å². The van der Waals surface area contributed by atoms with E-state index in [1.165, 1.54) is 6.42 Å². The summed E-state index contributed by atoms with van der Waals surface area (Å²) < 4.78 is 5.16. The maximum absolute atomic E-state index is 5.16. The number of allylic oxidation sites excluding steroid dienone is 1. The lowest BCUT2D eigenvalue weighted by molar-refractivity contribution is 0.168. The van der Waals surface area contributed by atoms with Crippen LogP contribution < -0.4 is 0 Å². The van der Waals surface area contributed by atoms with E-state index in [4.69, 9.17) is 4.74 Å². The molecule has 1 atom stereocenters. The first-order valence-corrected chi connectivity index (χ1v) is 4.34. The average Bonchev–Trinajstić information content (AvgIpc) is 2.03. The van der Waals surface area contributed by atoms with Gasteiger partial charge in [0.25, 0.3) is 0 Å². The molecule has 0 bridgehead atoms. The highest BCUT2D eigenvalue weighted by Crippen LogP contribution is 2.34. The Balaban J connectivity index is 4.19. The molecule has 0 amide bonds. The molecule has 0 aliphatic carbocycles. The molecule has 0 aromatic rings. The highest BCUT2D eigenvalue weighted by Gasteiger charge is 2.25. The molecule has 0 N–H and O–H groups in total. The van der Waals surface area contributed by atoms with Gasteiger partial charge in [0.15, 0.2) is 0 Å². The van der Waals surface area contributed by atoms with Crippen molar-refractivity contribution in [2.24, 2.45) is 5.41 Å². The van der Waals surface area contributed by atoms with Gasteiger partial charge in [-0.2, -0.15) is 0 Å². The highest BCUT2D eigenvalue weighted by molar-refractivity contribution is 4.99. The van der Waals surface area contributed by atoms with E-state index in [1.54, 1.807) is 7.11 Å². The van der Waals surface area contributed by atoms with E-state index in [0.29, 0.717) is 0 Å². The molecule has 66 valence electrons. The minimum Gasteiger partial charge on any atom is -0.501 e. The topological polar surface area (TPSA) is 9.23 Å². The first-order chi connectivity index (χ1) is 5.10. The van der Waals surface area contributed by atoms with Crippen LogP contribution in [0.1, 0.15) is 40.0 Å². The SMILES string of the molecule is C=C(OC)C(C)(CC)CCC. The van der Waals surface area contributed by atoms with E-state index in [9.17, 15) is 0 Å². The number of ether oxygens (including phenoxy) is 1. The molecule has 0 saturated carbocycles. The van der Waals surface area contributed by atoms with E-state index in [1.807, 2.05) is 0 Å². The Morgan fingerprint density at radius 3 is 2.27 bits per heavy atom. The zero-order chi connectivity index (χ0) is 8.91. The second-order valence-corrected chi connectivity index (χ2v) is 3.29. The summed E-state index contributed by atoms with van der Waals surface area (Å²) in [7, 11) is 1.70. The van der Waals surface area contributed by atoms with Crippen molar-refractivity contribution >= 4 is 0 Å². The molecule has 1 heteroatoms. The van der Waals surface area contributed by atoms with E-state index in [2.05, 4.69) is 27.4 Å². The molecule has 0 saturated heterocycles. The maximum atomic E-state index is 5.16. The molecule has 0 fully saturated rings. The zero-order valence-electron chi connectivity index (χ0n) is 8.24. The summed E-state index contributed by atoms with van der Waals surface area (Å²) in [4.78, 5) is 0. The fourth-order valence-corrected chi connectivity index (χ4v) is 1.31. The summed E-state index contributed by atoms with van der Waals surface area (Å²) in [6.45, 7) is 10.5. The van der Waals surface area contributed by atoms with Gasteiger partial charge in [0, 0.05) is 5.41 Å². The largest absolute Gasteiger partial charge is 0.501 e. The van der Waals surface area contributed by atoms with Crippen LogP contribution in [-0.4, -0.2) is 7.11 Å². The number of methoxy groups -OCH3 is 1.